The summed E-state index contributed by atoms with van der Waals surface area (Å²) in [6, 6.07) is 4.27. The fourth-order valence-corrected chi connectivity index (χ4v) is 3.11. The van der Waals surface area contributed by atoms with Gasteiger partial charge in [-0.05, 0) is 34.9 Å². The van der Waals surface area contributed by atoms with Crippen molar-refractivity contribution in [3.05, 3.63) is 33.7 Å². The minimum Gasteiger partial charge on any atom is -0.142 e. The zero-order valence-electron chi connectivity index (χ0n) is 7.10. The van der Waals surface area contributed by atoms with Crippen molar-refractivity contribution in [1.29, 1.82) is 0 Å². The first kappa shape index (κ1) is 9.50. The van der Waals surface area contributed by atoms with E-state index in [0.29, 0.717) is 0 Å². The lowest BCUT2D eigenvalue weighted by molar-refractivity contribution is 1.42. The van der Waals surface area contributed by atoms with Crippen LogP contribution in [-0.4, -0.2) is 0 Å². The smallest absolute Gasteiger partial charge is 0.0613 e. The van der Waals surface area contributed by atoms with Crippen LogP contribution in [0.3, 0.4) is 0 Å². The molecule has 1 aromatic carbocycles. The zero-order chi connectivity index (χ0) is 9.42. The van der Waals surface area contributed by atoms with E-state index in [1.807, 2.05) is 6.92 Å². The second-order valence-corrected chi connectivity index (χ2v) is 4.82. The van der Waals surface area contributed by atoms with Crippen molar-refractivity contribution in [3.8, 4) is 0 Å². The number of aryl methyl sites for hydroxylation is 1. The van der Waals surface area contributed by atoms with Crippen LogP contribution in [0.2, 0.25) is 5.02 Å². The largest absolute Gasteiger partial charge is 0.142 e. The third-order valence-electron chi connectivity index (χ3n) is 2.09. The van der Waals surface area contributed by atoms with E-state index in [9.17, 15) is 0 Å². The number of rotatable bonds is 1. The monoisotopic (exact) mass is 274 g/mol. The summed E-state index contributed by atoms with van der Waals surface area (Å²) >= 11 is 11.4. The molecule has 0 nitrogen and oxygen atoms in total. The second kappa shape index (κ2) is 3.60. The van der Waals surface area contributed by atoms with Gasteiger partial charge in [-0.2, -0.15) is 0 Å². The summed E-state index contributed by atoms with van der Waals surface area (Å²) in [6.45, 7) is 2.05. The molecule has 0 unspecified atom stereocenters. The number of hydrogen-bond donors (Lipinski definition) is 0. The van der Waals surface area contributed by atoms with Gasteiger partial charge in [0.25, 0.3) is 0 Å². The van der Waals surface area contributed by atoms with E-state index >= 15 is 0 Å². The van der Waals surface area contributed by atoms with Crippen molar-refractivity contribution in [3.63, 3.8) is 0 Å². The van der Waals surface area contributed by atoms with Gasteiger partial charge in [-0.15, -0.1) is 11.3 Å². The molecule has 3 heteroatoms. The van der Waals surface area contributed by atoms with Crippen molar-refractivity contribution in [2.24, 2.45) is 0 Å². The minimum absolute atomic E-state index is 0.887. The van der Waals surface area contributed by atoms with Gasteiger partial charge in [0.15, 0.2) is 0 Å². The average molecular weight is 276 g/mol. The number of hydrogen-bond acceptors (Lipinski definition) is 1. The van der Waals surface area contributed by atoms with Crippen LogP contribution >= 0.6 is 38.9 Å². The summed E-state index contributed by atoms with van der Waals surface area (Å²) in [4.78, 5) is 0. The van der Waals surface area contributed by atoms with Gasteiger partial charge in [-0.1, -0.05) is 33.6 Å². The molecule has 2 aromatic rings. The number of benzene rings is 1. The highest BCUT2D eigenvalue weighted by Gasteiger charge is 2.07. The van der Waals surface area contributed by atoms with Crippen LogP contribution in [0.5, 0.6) is 0 Å². The summed E-state index contributed by atoms with van der Waals surface area (Å²) in [5.74, 6) is 0. The van der Waals surface area contributed by atoms with Crippen LogP contribution in [-0.2, 0) is 5.33 Å². The van der Waals surface area contributed by atoms with Crippen molar-refractivity contribution in [1.82, 2.24) is 0 Å². The summed E-state index contributed by atoms with van der Waals surface area (Å²) in [6.07, 6.45) is 0. The summed E-state index contributed by atoms with van der Waals surface area (Å²) in [5.41, 5.74) is 2.48. The van der Waals surface area contributed by atoms with Gasteiger partial charge in [-0.3, -0.25) is 0 Å². The molecule has 2 rings (SSSR count). The molecular weight excluding hydrogens is 268 g/mol. The van der Waals surface area contributed by atoms with Crippen LogP contribution < -0.4 is 0 Å². The van der Waals surface area contributed by atoms with Gasteiger partial charge in [0, 0.05) is 5.33 Å². The van der Waals surface area contributed by atoms with E-state index in [-0.39, 0.29) is 0 Å². The van der Waals surface area contributed by atoms with Crippen molar-refractivity contribution < 1.29 is 0 Å². The van der Waals surface area contributed by atoms with Gasteiger partial charge in [0.1, 0.15) is 0 Å². The fourth-order valence-electron chi connectivity index (χ4n) is 1.42. The Hall–Kier alpha value is -0.0500. The Morgan fingerprint density at radius 2 is 2.31 bits per heavy atom. The van der Waals surface area contributed by atoms with Crippen LogP contribution in [0, 0.1) is 6.92 Å². The fraction of sp³-hybridized carbons (Fsp3) is 0.200. The van der Waals surface area contributed by atoms with E-state index in [4.69, 9.17) is 11.6 Å². The van der Waals surface area contributed by atoms with Gasteiger partial charge >= 0.3 is 0 Å². The first-order valence-corrected chi connectivity index (χ1v) is 6.33. The normalized spacial score (nSPS) is 11.0. The lowest BCUT2D eigenvalue weighted by Gasteiger charge is -2.04. The predicted octanol–water partition coefficient (Wildman–Crippen LogP) is 4.76. The van der Waals surface area contributed by atoms with E-state index < -0.39 is 0 Å². The van der Waals surface area contributed by atoms with Crippen LogP contribution in [0.4, 0.5) is 0 Å². The molecule has 0 aliphatic rings. The van der Waals surface area contributed by atoms with Crippen molar-refractivity contribution in [2.75, 3.05) is 0 Å². The molecular formula is C10H8BrClS. The highest BCUT2D eigenvalue weighted by atomic mass is 79.9. The molecule has 0 aliphatic carbocycles. The lowest BCUT2D eigenvalue weighted by atomic mass is 10.1. The number of alkyl halides is 1. The van der Waals surface area contributed by atoms with Gasteiger partial charge in [-0.25, -0.2) is 0 Å². The van der Waals surface area contributed by atoms with Crippen LogP contribution in [0.25, 0.3) is 10.1 Å². The van der Waals surface area contributed by atoms with E-state index in [0.717, 1.165) is 15.9 Å². The molecule has 0 amide bonds. The Morgan fingerprint density at radius 1 is 1.54 bits per heavy atom. The summed E-state index contributed by atoms with van der Waals surface area (Å²) in [7, 11) is 0. The Bertz CT molecular complexity index is 447. The Morgan fingerprint density at radius 3 is 3.00 bits per heavy atom. The zero-order valence-corrected chi connectivity index (χ0v) is 10.3. The molecule has 0 atom stereocenters. The number of fused-ring (bicyclic) bond motifs is 1. The third kappa shape index (κ3) is 1.51. The Balaban J connectivity index is 2.87. The molecule has 0 radical (unpaired) electrons. The molecule has 1 heterocycles. The van der Waals surface area contributed by atoms with Gasteiger partial charge in [0.2, 0.25) is 0 Å². The topological polar surface area (TPSA) is 0 Å². The highest BCUT2D eigenvalue weighted by Crippen LogP contribution is 2.34. The molecule has 1 aromatic heterocycles. The molecule has 13 heavy (non-hydrogen) atoms. The quantitative estimate of drug-likeness (QED) is 0.658. The van der Waals surface area contributed by atoms with Crippen LogP contribution in [0.1, 0.15) is 11.1 Å². The molecule has 0 spiro atoms. The Labute approximate surface area is 94.7 Å². The molecule has 0 bridgehead atoms. The minimum atomic E-state index is 0.887. The molecule has 68 valence electrons. The summed E-state index contributed by atoms with van der Waals surface area (Å²) < 4.78 is 1.20. The van der Waals surface area contributed by atoms with Crippen LogP contribution in [0.15, 0.2) is 17.5 Å². The maximum absolute atomic E-state index is 6.19. The lowest BCUT2D eigenvalue weighted by Crippen LogP contribution is -1.82. The first-order chi connectivity index (χ1) is 6.24. The summed E-state index contributed by atoms with van der Waals surface area (Å²) in [5, 5.41) is 5.15. The van der Waals surface area contributed by atoms with Gasteiger partial charge < -0.3 is 0 Å². The molecule has 0 saturated heterocycles. The van der Waals surface area contributed by atoms with Gasteiger partial charge in [0.05, 0.1) is 9.72 Å². The number of halogens is 2. The highest BCUT2D eigenvalue weighted by molar-refractivity contribution is 9.08. The molecule has 0 N–H and O–H groups in total. The second-order valence-electron chi connectivity index (χ2n) is 2.96. The maximum atomic E-state index is 6.19. The predicted molar refractivity (Wildman–Crippen MR) is 64.2 cm³/mol. The molecule has 0 saturated carbocycles. The van der Waals surface area contributed by atoms with E-state index in [1.54, 1.807) is 11.3 Å². The molecule has 0 aliphatic heterocycles. The SMILES string of the molecule is Cc1cc(CBr)c2ccsc2c1Cl. The van der Waals surface area contributed by atoms with Crippen molar-refractivity contribution >= 4 is 49.0 Å². The third-order valence-corrected chi connectivity index (χ3v) is 4.23. The van der Waals surface area contributed by atoms with Crippen molar-refractivity contribution in [2.45, 2.75) is 12.3 Å². The Kier molecular flexibility index (Phi) is 2.63. The molecule has 0 fully saturated rings. The van der Waals surface area contributed by atoms with E-state index in [1.165, 1.54) is 15.6 Å². The average Bonchev–Trinajstić information content (AvgIpc) is 2.60. The maximum Gasteiger partial charge on any atom is 0.0613 e. The first-order valence-electron chi connectivity index (χ1n) is 3.95. The van der Waals surface area contributed by atoms with E-state index in [2.05, 4.69) is 33.4 Å². The number of thiophene rings is 1. The standard InChI is InChI=1S/C10H8BrClS/c1-6-4-7(5-11)8-2-3-13-10(8)9(6)12/h2-4H,5H2,1H3.